The lowest BCUT2D eigenvalue weighted by Crippen LogP contribution is -2.51. The van der Waals surface area contributed by atoms with Crippen LogP contribution in [0.1, 0.15) is 46.5 Å². The third-order valence-electron chi connectivity index (χ3n) is 3.55. The van der Waals surface area contributed by atoms with E-state index in [1.165, 1.54) is 0 Å². The molecular weight excluding hydrogens is 232 g/mol. The third-order valence-corrected chi connectivity index (χ3v) is 3.55. The first-order valence-electron chi connectivity index (χ1n) is 6.63. The van der Waals surface area contributed by atoms with E-state index in [4.69, 9.17) is 5.11 Å². The SMILES string of the molecule is CC(C)CC(C)NC(=O)NCC1(C(=O)O)CCC1. The molecule has 1 saturated carbocycles. The standard InChI is InChI=1S/C13H24N2O3/c1-9(2)7-10(3)15-12(18)14-8-13(11(16)17)5-4-6-13/h9-10H,4-8H2,1-3H3,(H,16,17)(H2,14,15,18). The summed E-state index contributed by atoms with van der Waals surface area (Å²) >= 11 is 0. The molecule has 1 fully saturated rings. The van der Waals surface area contributed by atoms with Gasteiger partial charge < -0.3 is 15.7 Å². The summed E-state index contributed by atoms with van der Waals surface area (Å²) in [5, 5.41) is 14.6. The van der Waals surface area contributed by atoms with Crippen molar-refractivity contribution in [1.82, 2.24) is 10.6 Å². The fourth-order valence-electron chi connectivity index (χ4n) is 2.36. The Kier molecular flexibility index (Phi) is 4.99. The van der Waals surface area contributed by atoms with Gasteiger partial charge in [0.05, 0.1) is 5.41 Å². The molecule has 1 aliphatic carbocycles. The molecule has 1 rings (SSSR count). The minimum atomic E-state index is -0.802. The molecule has 18 heavy (non-hydrogen) atoms. The van der Waals surface area contributed by atoms with Gasteiger partial charge in [-0.1, -0.05) is 20.3 Å². The Morgan fingerprint density at radius 2 is 1.89 bits per heavy atom. The van der Waals surface area contributed by atoms with Gasteiger partial charge in [0.25, 0.3) is 0 Å². The second kappa shape index (κ2) is 6.07. The zero-order chi connectivity index (χ0) is 13.8. The third kappa shape index (κ3) is 3.89. The van der Waals surface area contributed by atoms with Crippen LogP contribution in [0.2, 0.25) is 0 Å². The highest BCUT2D eigenvalue weighted by molar-refractivity contribution is 5.78. The molecule has 5 heteroatoms. The first-order valence-corrected chi connectivity index (χ1v) is 6.63. The number of carbonyl (C=O) groups is 2. The average Bonchev–Trinajstić information content (AvgIpc) is 2.13. The van der Waals surface area contributed by atoms with Crippen molar-refractivity contribution in [3.8, 4) is 0 Å². The second-order valence-corrected chi connectivity index (χ2v) is 5.80. The van der Waals surface area contributed by atoms with E-state index in [1.807, 2.05) is 6.92 Å². The van der Waals surface area contributed by atoms with Gasteiger partial charge in [0.1, 0.15) is 0 Å². The molecule has 0 aromatic carbocycles. The van der Waals surface area contributed by atoms with Crippen molar-refractivity contribution >= 4 is 12.0 Å². The molecule has 1 aliphatic rings. The number of urea groups is 1. The molecule has 1 atom stereocenters. The van der Waals surface area contributed by atoms with E-state index in [1.54, 1.807) is 0 Å². The highest BCUT2D eigenvalue weighted by Gasteiger charge is 2.44. The summed E-state index contributed by atoms with van der Waals surface area (Å²) < 4.78 is 0. The lowest BCUT2D eigenvalue weighted by molar-refractivity contribution is -0.153. The quantitative estimate of drug-likeness (QED) is 0.680. The summed E-state index contributed by atoms with van der Waals surface area (Å²) in [4.78, 5) is 22.7. The van der Waals surface area contributed by atoms with Crippen LogP contribution in [0.4, 0.5) is 4.79 Å². The van der Waals surface area contributed by atoms with Crippen LogP contribution in [0.3, 0.4) is 0 Å². The fraction of sp³-hybridized carbons (Fsp3) is 0.846. The van der Waals surface area contributed by atoms with Crippen molar-refractivity contribution in [1.29, 1.82) is 0 Å². The maximum atomic E-state index is 11.6. The zero-order valence-electron chi connectivity index (χ0n) is 11.5. The van der Waals surface area contributed by atoms with Crippen molar-refractivity contribution in [2.45, 2.75) is 52.5 Å². The van der Waals surface area contributed by atoms with Gasteiger partial charge in [-0.15, -0.1) is 0 Å². The molecule has 104 valence electrons. The van der Waals surface area contributed by atoms with Crippen molar-refractivity contribution in [2.24, 2.45) is 11.3 Å². The molecule has 0 aromatic heterocycles. The average molecular weight is 256 g/mol. The van der Waals surface area contributed by atoms with E-state index in [0.717, 1.165) is 12.8 Å². The molecule has 2 amide bonds. The topological polar surface area (TPSA) is 78.4 Å². The normalized spacial score (nSPS) is 18.9. The van der Waals surface area contributed by atoms with Gasteiger partial charge in [-0.25, -0.2) is 4.79 Å². The maximum absolute atomic E-state index is 11.6. The second-order valence-electron chi connectivity index (χ2n) is 5.80. The number of carbonyl (C=O) groups excluding carboxylic acids is 1. The number of amides is 2. The number of nitrogens with one attached hydrogen (secondary N) is 2. The Morgan fingerprint density at radius 3 is 2.28 bits per heavy atom. The number of hydrogen-bond donors (Lipinski definition) is 3. The monoisotopic (exact) mass is 256 g/mol. The van der Waals surface area contributed by atoms with Crippen LogP contribution in [0.15, 0.2) is 0 Å². The smallest absolute Gasteiger partial charge is 0.315 e. The highest BCUT2D eigenvalue weighted by Crippen LogP contribution is 2.40. The van der Waals surface area contributed by atoms with Gasteiger partial charge in [0, 0.05) is 12.6 Å². The summed E-state index contributed by atoms with van der Waals surface area (Å²) in [7, 11) is 0. The Morgan fingerprint density at radius 1 is 1.28 bits per heavy atom. The van der Waals surface area contributed by atoms with Crippen LogP contribution < -0.4 is 10.6 Å². The van der Waals surface area contributed by atoms with Crippen LogP contribution >= 0.6 is 0 Å². The van der Waals surface area contributed by atoms with Crippen LogP contribution in [0.25, 0.3) is 0 Å². The van der Waals surface area contributed by atoms with Crippen molar-refractivity contribution in [2.75, 3.05) is 6.54 Å². The van der Waals surface area contributed by atoms with Gasteiger partial charge in [-0.05, 0) is 32.1 Å². The first kappa shape index (κ1) is 14.8. The van der Waals surface area contributed by atoms with Crippen molar-refractivity contribution in [3.63, 3.8) is 0 Å². The highest BCUT2D eigenvalue weighted by atomic mass is 16.4. The minimum Gasteiger partial charge on any atom is -0.481 e. The van der Waals surface area contributed by atoms with Crippen LogP contribution in [0, 0.1) is 11.3 Å². The lowest BCUT2D eigenvalue weighted by atomic mass is 9.69. The molecule has 0 aliphatic heterocycles. The van der Waals surface area contributed by atoms with E-state index >= 15 is 0 Å². The summed E-state index contributed by atoms with van der Waals surface area (Å²) in [5.74, 6) is -0.276. The van der Waals surface area contributed by atoms with Crippen LogP contribution in [-0.4, -0.2) is 29.7 Å². The van der Waals surface area contributed by atoms with Gasteiger partial charge in [0.2, 0.25) is 0 Å². The van der Waals surface area contributed by atoms with E-state index in [0.29, 0.717) is 18.8 Å². The molecule has 1 unspecified atom stereocenters. The Hall–Kier alpha value is -1.26. The Balaban J connectivity index is 2.30. The van der Waals surface area contributed by atoms with E-state index in [2.05, 4.69) is 24.5 Å². The number of hydrogen-bond acceptors (Lipinski definition) is 2. The van der Waals surface area contributed by atoms with E-state index < -0.39 is 11.4 Å². The number of aliphatic carboxylic acids is 1. The molecule has 0 bridgehead atoms. The first-order chi connectivity index (χ1) is 8.35. The van der Waals surface area contributed by atoms with E-state index in [9.17, 15) is 9.59 Å². The molecular formula is C13H24N2O3. The Bertz CT molecular complexity index is 311. The predicted octanol–water partition coefficient (Wildman–Crippen LogP) is 1.98. The van der Waals surface area contributed by atoms with Gasteiger partial charge in [0.15, 0.2) is 0 Å². The number of carboxylic acid groups (broad SMARTS) is 1. The molecule has 0 heterocycles. The number of rotatable bonds is 6. The molecule has 5 nitrogen and oxygen atoms in total. The van der Waals surface area contributed by atoms with Gasteiger partial charge in [-0.2, -0.15) is 0 Å². The summed E-state index contributed by atoms with van der Waals surface area (Å²) in [6.07, 6.45) is 3.16. The summed E-state index contributed by atoms with van der Waals surface area (Å²) in [6, 6.07) is -0.164. The lowest BCUT2D eigenvalue weighted by Gasteiger charge is -2.37. The van der Waals surface area contributed by atoms with Crippen LogP contribution in [-0.2, 0) is 4.79 Å². The maximum Gasteiger partial charge on any atom is 0.315 e. The van der Waals surface area contributed by atoms with Gasteiger partial charge in [-0.3, -0.25) is 4.79 Å². The molecule has 0 aromatic rings. The summed E-state index contributed by atoms with van der Waals surface area (Å²) in [5.41, 5.74) is -0.724. The molecule has 0 saturated heterocycles. The molecule has 0 spiro atoms. The largest absolute Gasteiger partial charge is 0.481 e. The number of carboxylic acids is 1. The van der Waals surface area contributed by atoms with Gasteiger partial charge >= 0.3 is 12.0 Å². The van der Waals surface area contributed by atoms with E-state index in [-0.39, 0.29) is 18.6 Å². The van der Waals surface area contributed by atoms with Crippen LogP contribution in [0.5, 0.6) is 0 Å². The zero-order valence-corrected chi connectivity index (χ0v) is 11.5. The molecule has 0 radical (unpaired) electrons. The summed E-state index contributed by atoms with van der Waals surface area (Å²) in [6.45, 7) is 6.38. The Labute approximate surface area is 108 Å². The van der Waals surface area contributed by atoms with Crippen molar-refractivity contribution in [3.05, 3.63) is 0 Å². The minimum absolute atomic E-state index is 0.104. The van der Waals surface area contributed by atoms with Crippen molar-refractivity contribution < 1.29 is 14.7 Å². The fourth-order valence-corrected chi connectivity index (χ4v) is 2.36. The molecule has 3 N–H and O–H groups in total. The predicted molar refractivity (Wildman–Crippen MR) is 69.4 cm³/mol.